The minimum Gasteiger partial charge on any atom is -0.497 e. The van der Waals surface area contributed by atoms with Gasteiger partial charge in [0.1, 0.15) is 5.75 Å². The normalized spacial score (nSPS) is 10.8. The van der Waals surface area contributed by atoms with Gasteiger partial charge in [0, 0.05) is 4.90 Å². The zero-order valence-electron chi connectivity index (χ0n) is 15.3. The van der Waals surface area contributed by atoms with Crippen molar-refractivity contribution in [3.8, 4) is 5.75 Å². The molecule has 0 saturated carbocycles. The molecule has 10 heteroatoms. The molecule has 0 aliphatic rings. The van der Waals surface area contributed by atoms with Crippen LogP contribution in [-0.4, -0.2) is 44.2 Å². The molecule has 1 N–H and O–H groups in total. The minimum absolute atomic E-state index is 0.207. The number of hydrogen-bond acceptors (Lipinski definition) is 7. The third-order valence-corrected chi connectivity index (χ3v) is 4.10. The molecule has 2 aromatic carbocycles. The van der Waals surface area contributed by atoms with Crippen molar-refractivity contribution in [3.63, 3.8) is 0 Å². The summed E-state index contributed by atoms with van der Waals surface area (Å²) in [5.74, 6) is -3.40. The first kappa shape index (κ1) is 22.2. The molecule has 0 bridgehead atoms. The number of oxime groups is 1. The van der Waals surface area contributed by atoms with Crippen LogP contribution in [0, 0.1) is 0 Å². The molecule has 0 aromatic heterocycles. The lowest BCUT2D eigenvalue weighted by Gasteiger charge is -2.10. The SMILES string of the molecule is COc1ccc(/C=N/OCC(=O)OCC(=O)Nc2ccccc2SC(F)F)cc1. The van der Waals surface area contributed by atoms with E-state index in [1.54, 1.807) is 43.5 Å². The lowest BCUT2D eigenvalue weighted by molar-refractivity contribution is -0.151. The zero-order valence-corrected chi connectivity index (χ0v) is 16.2. The highest BCUT2D eigenvalue weighted by Crippen LogP contribution is 2.31. The zero-order chi connectivity index (χ0) is 21.1. The molecule has 0 heterocycles. The molecule has 0 spiro atoms. The molecule has 2 aromatic rings. The largest absolute Gasteiger partial charge is 0.497 e. The van der Waals surface area contributed by atoms with Crippen molar-refractivity contribution in [3.05, 3.63) is 54.1 Å². The number of ether oxygens (including phenoxy) is 2. The van der Waals surface area contributed by atoms with E-state index in [0.29, 0.717) is 17.5 Å². The van der Waals surface area contributed by atoms with Crippen molar-refractivity contribution in [2.24, 2.45) is 5.16 Å². The van der Waals surface area contributed by atoms with Gasteiger partial charge in [-0.1, -0.05) is 29.1 Å². The van der Waals surface area contributed by atoms with E-state index in [2.05, 4.69) is 10.5 Å². The van der Waals surface area contributed by atoms with Crippen LogP contribution in [0.25, 0.3) is 0 Å². The maximum Gasteiger partial charge on any atom is 0.347 e. The first-order valence-electron chi connectivity index (χ1n) is 8.26. The second kappa shape index (κ2) is 11.6. The summed E-state index contributed by atoms with van der Waals surface area (Å²) in [6.45, 7) is -1.07. The van der Waals surface area contributed by atoms with Crippen molar-refractivity contribution in [2.75, 3.05) is 25.6 Å². The summed E-state index contributed by atoms with van der Waals surface area (Å²) in [5.41, 5.74) is 0.943. The summed E-state index contributed by atoms with van der Waals surface area (Å²) < 4.78 is 34.9. The van der Waals surface area contributed by atoms with E-state index in [1.807, 2.05) is 0 Å². The Morgan fingerprint density at radius 2 is 1.86 bits per heavy atom. The number of nitrogens with one attached hydrogen (secondary N) is 1. The van der Waals surface area contributed by atoms with E-state index in [1.165, 1.54) is 18.3 Å². The second-order valence-electron chi connectivity index (χ2n) is 5.36. The van der Waals surface area contributed by atoms with Crippen molar-refractivity contribution in [1.82, 2.24) is 0 Å². The Balaban J connectivity index is 1.72. The predicted molar refractivity (Wildman–Crippen MR) is 104 cm³/mol. The number of anilines is 1. The quantitative estimate of drug-likeness (QED) is 0.272. The summed E-state index contributed by atoms with van der Waals surface area (Å²) in [6, 6.07) is 13.1. The first-order chi connectivity index (χ1) is 14.0. The van der Waals surface area contributed by atoms with E-state index in [9.17, 15) is 18.4 Å². The third-order valence-electron chi connectivity index (χ3n) is 3.32. The molecule has 29 heavy (non-hydrogen) atoms. The number of nitrogens with zero attached hydrogens (tertiary/aromatic N) is 1. The van der Waals surface area contributed by atoms with E-state index in [4.69, 9.17) is 14.3 Å². The number of alkyl halides is 2. The predicted octanol–water partition coefficient (Wildman–Crippen LogP) is 3.54. The highest BCUT2D eigenvalue weighted by atomic mass is 32.2. The molecular formula is C19H18F2N2O5S. The van der Waals surface area contributed by atoms with Crippen LogP contribution in [0.5, 0.6) is 5.75 Å². The fraction of sp³-hybridized carbons (Fsp3) is 0.211. The van der Waals surface area contributed by atoms with Crippen molar-refractivity contribution in [2.45, 2.75) is 10.7 Å². The number of para-hydroxylation sites is 1. The summed E-state index contributed by atoms with van der Waals surface area (Å²) in [5, 5.41) is 6.05. The second-order valence-corrected chi connectivity index (χ2v) is 6.40. The number of methoxy groups -OCH3 is 1. The molecule has 0 radical (unpaired) electrons. The van der Waals surface area contributed by atoms with Crippen LogP contribution in [0.3, 0.4) is 0 Å². The molecule has 1 amide bonds. The third kappa shape index (κ3) is 8.18. The number of benzene rings is 2. The summed E-state index contributed by atoms with van der Waals surface area (Å²) in [7, 11) is 1.55. The number of rotatable bonds is 10. The Morgan fingerprint density at radius 1 is 1.14 bits per heavy atom. The smallest absolute Gasteiger partial charge is 0.347 e. The number of thioether (sulfide) groups is 1. The van der Waals surface area contributed by atoms with Crippen LogP contribution in [0.4, 0.5) is 14.5 Å². The van der Waals surface area contributed by atoms with Gasteiger partial charge >= 0.3 is 5.97 Å². The molecular weight excluding hydrogens is 406 g/mol. The number of hydrogen-bond donors (Lipinski definition) is 1. The van der Waals surface area contributed by atoms with Crippen LogP contribution < -0.4 is 10.1 Å². The van der Waals surface area contributed by atoms with Gasteiger partial charge in [-0.3, -0.25) is 4.79 Å². The molecule has 0 aliphatic heterocycles. The topological polar surface area (TPSA) is 86.2 Å². The van der Waals surface area contributed by atoms with Crippen molar-refractivity contribution in [1.29, 1.82) is 0 Å². The molecule has 0 atom stereocenters. The molecule has 2 rings (SSSR count). The lowest BCUT2D eigenvalue weighted by Crippen LogP contribution is -2.22. The number of esters is 1. The lowest BCUT2D eigenvalue weighted by atomic mass is 10.2. The minimum atomic E-state index is -2.62. The van der Waals surface area contributed by atoms with E-state index >= 15 is 0 Å². The number of carbonyl (C=O) groups is 2. The van der Waals surface area contributed by atoms with Gasteiger partial charge in [0.05, 0.1) is 19.0 Å². The maximum absolute atomic E-state index is 12.5. The van der Waals surface area contributed by atoms with Gasteiger partial charge in [-0.25, -0.2) is 4.79 Å². The van der Waals surface area contributed by atoms with Gasteiger partial charge in [-0.05, 0) is 42.0 Å². The van der Waals surface area contributed by atoms with Crippen molar-refractivity contribution < 1.29 is 32.7 Å². The van der Waals surface area contributed by atoms with Gasteiger partial charge in [-0.2, -0.15) is 8.78 Å². The fourth-order valence-electron chi connectivity index (χ4n) is 2.02. The van der Waals surface area contributed by atoms with Crippen LogP contribution in [-0.2, 0) is 19.2 Å². The van der Waals surface area contributed by atoms with Crippen LogP contribution >= 0.6 is 11.8 Å². The number of carbonyl (C=O) groups excluding carboxylic acids is 2. The van der Waals surface area contributed by atoms with Gasteiger partial charge in [-0.15, -0.1) is 0 Å². The van der Waals surface area contributed by atoms with Gasteiger partial charge in [0.15, 0.2) is 6.61 Å². The van der Waals surface area contributed by atoms with Gasteiger partial charge in [0.2, 0.25) is 6.61 Å². The standard InChI is InChI=1S/C19H18F2N2O5S/c1-26-14-8-6-13(7-9-14)10-22-28-12-18(25)27-11-17(24)23-15-4-2-3-5-16(15)29-19(20)21/h2-10,19H,11-12H2,1H3,(H,23,24)/b22-10+. The van der Waals surface area contributed by atoms with E-state index in [0.717, 1.165) is 5.56 Å². The summed E-state index contributed by atoms with van der Waals surface area (Å²) in [6.07, 6.45) is 1.40. The van der Waals surface area contributed by atoms with Gasteiger partial charge in [0.25, 0.3) is 11.7 Å². The Bertz CT molecular complexity index is 847. The molecule has 7 nitrogen and oxygen atoms in total. The first-order valence-corrected chi connectivity index (χ1v) is 9.14. The Labute approximate surface area is 170 Å². The summed E-state index contributed by atoms with van der Waals surface area (Å²) in [4.78, 5) is 28.5. The number of amides is 1. The van der Waals surface area contributed by atoms with E-state index < -0.39 is 30.8 Å². The molecule has 154 valence electrons. The number of halogens is 2. The Kier molecular flexibility index (Phi) is 8.90. The van der Waals surface area contributed by atoms with Crippen molar-refractivity contribution >= 4 is 35.5 Å². The fourth-order valence-corrected chi connectivity index (χ4v) is 2.62. The van der Waals surface area contributed by atoms with Crippen LogP contribution in [0.1, 0.15) is 5.56 Å². The Morgan fingerprint density at radius 3 is 2.55 bits per heavy atom. The highest BCUT2D eigenvalue weighted by Gasteiger charge is 2.13. The monoisotopic (exact) mass is 424 g/mol. The highest BCUT2D eigenvalue weighted by molar-refractivity contribution is 7.99. The molecule has 0 saturated heterocycles. The Hall–Kier alpha value is -3.14. The average molecular weight is 424 g/mol. The summed E-state index contributed by atoms with van der Waals surface area (Å²) >= 11 is 0.306. The average Bonchev–Trinajstić information content (AvgIpc) is 2.71. The molecule has 0 fully saturated rings. The molecule has 0 unspecified atom stereocenters. The van der Waals surface area contributed by atoms with Crippen LogP contribution in [0.2, 0.25) is 0 Å². The van der Waals surface area contributed by atoms with Crippen LogP contribution in [0.15, 0.2) is 58.6 Å². The maximum atomic E-state index is 12.5. The van der Waals surface area contributed by atoms with Gasteiger partial charge < -0.3 is 19.6 Å². The van der Waals surface area contributed by atoms with E-state index in [-0.39, 0.29) is 10.6 Å². The molecule has 0 aliphatic carbocycles.